The fourth-order valence-electron chi connectivity index (χ4n) is 3.46. The number of carbonyl (C=O) groups is 2. The molecule has 0 bridgehead atoms. The van der Waals surface area contributed by atoms with Gasteiger partial charge in [-0.05, 0) is 56.0 Å². The van der Waals surface area contributed by atoms with Gasteiger partial charge in [-0.15, -0.1) is 0 Å². The zero-order chi connectivity index (χ0) is 19.8. The second kappa shape index (κ2) is 10.0. The number of nitrogens with zero attached hydrogens (tertiary/aromatic N) is 1. The third-order valence-corrected chi connectivity index (χ3v) is 5.23. The minimum atomic E-state index is -0.168. The van der Waals surface area contributed by atoms with Gasteiger partial charge < -0.3 is 10.6 Å². The zero-order valence-corrected chi connectivity index (χ0v) is 16.5. The van der Waals surface area contributed by atoms with Crippen LogP contribution in [-0.2, 0) is 11.2 Å². The molecule has 2 aromatic carbocycles. The molecular weight excluding hydrogens is 350 g/mol. The third kappa shape index (κ3) is 5.92. The van der Waals surface area contributed by atoms with Gasteiger partial charge in [-0.1, -0.05) is 49.4 Å². The van der Waals surface area contributed by atoms with Crippen LogP contribution in [0.2, 0.25) is 0 Å². The molecule has 1 fully saturated rings. The Balaban J connectivity index is 1.53. The van der Waals surface area contributed by atoms with Gasteiger partial charge in [0.05, 0.1) is 17.8 Å². The van der Waals surface area contributed by atoms with Crippen molar-refractivity contribution in [2.75, 3.05) is 31.5 Å². The van der Waals surface area contributed by atoms with Gasteiger partial charge in [0.2, 0.25) is 5.91 Å². The number of likely N-dealkylation sites (tertiary alicyclic amines) is 1. The summed E-state index contributed by atoms with van der Waals surface area (Å²) in [6.45, 7) is 5.09. The molecule has 2 aromatic rings. The van der Waals surface area contributed by atoms with E-state index < -0.39 is 0 Å². The summed E-state index contributed by atoms with van der Waals surface area (Å²) in [5, 5.41) is 5.86. The molecular formula is C23H29N3O2. The highest BCUT2D eigenvalue weighted by molar-refractivity contribution is 6.04. The highest BCUT2D eigenvalue weighted by atomic mass is 16.2. The lowest BCUT2D eigenvalue weighted by Crippen LogP contribution is -2.39. The van der Waals surface area contributed by atoms with Crippen molar-refractivity contribution in [2.45, 2.75) is 26.2 Å². The average Bonchev–Trinajstić information content (AvgIpc) is 2.71. The Bertz CT molecular complexity index is 783. The molecule has 5 heteroatoms. The molecule has 0 radical (unpaired) electrons. The molecule has 1 aliphatic heterocycles. The normalized spacial score (nSPS) is 15.2. The van der Waals surface area contributed by atoms with Gasteiger partial charge in [0.25, 0.3) is 5.91 Å². The standard InChI is InChI=1S/C23H29N3O2/c1-18-12-15-26(16-13-18)17-22(27)25-21-10-6-5-9-20(21)23(28)24-14-11-19-7-3-2-4-8-19/h2-10,18H,11-17H2,1H3,(H,24,28)(H,25,27). The van der Waals surface area contributed by atoms with E-state index in [9.17, 15) is 9.59 Å². The van der Waals surface area contributed by atoms with E-state index in [0.29, 0.717) is 24.3 Å². The van der Waals surface area contributed by atoms with E-state index >= 15 is 0 Å². The summed E-state index contributed by atoms with van der Waals surface area (Å²) >= 11 is 0. The van der Waals surface area contributed by atoms with Crippen LogP contribution in [-0.4, -0.2) is 42.9 Å². The number of piperidine rings is 1. The first-order chi connectivity index (χ1) is 13.6. The summed E-state index contributed by atoms with van der Waals surface area (Å²) in [6.07, 6.45) is 3.04. The number of rotatable bonds is 7. The van der Waals surface area contributed by atoms with Crippen molar-refractivity contribution in [1.29, 1.82) is 0 Å². The second-order valence-electron chi connectivity index (χ2n) is 7.54. The summed E-state index contributed by atoms with van der Waals surface area (Å²) in [4.78, 5) is 27.2. The summed E-state index contributed by atoms with van der Waals surface area (Å²) in [7, 11) is 0. The summed E-state index contributed by atoms with van der Waals surface area (Å²) in [5.41, 5.74) is 2.24. The van der Waals surface area contributed by atoms with Crippen molar-refractivity contribution in [3.63, 3.8) is 0 Å². The van der Waals surface area contributed by atoms with Crippen molar-refractivity contribution in [1.82, 2.24) is 10.2 Å². The largest absolute Gasteiger partial charge is 0.352 e. The van der Waals surface area contributed by atoms with Gasteiger partial charge in [0.15, 0.2) is 0 Å². The molecule has 28 heavy (non-hydrogen) atoms. The maximum absolute atomic E-state index is 12.6. The first kappa shape index (κ1) is 20.1. The number of para-hydroxylation sites is 1. The minimum absolute atomic E-state index is 0.0703. The van der Waals surface area contributed by atoms with E-state index in [1.54, 1.807) is 12.1 Å². The summed E-state index contributed by atoms with van der Waals surface area (Å²) < 4.78 is 0. The number of anilines is 1. The quantitative estimate of drug-likeness (QED) is 0.776. The Morgan fingerprint density at radius 3 is 2.43 bits per heavy atom. The van der Waals surface area contributed by atoms with Gasteiger partial charge in [-0.3, -0.25) is 14.5 Å². The van der Waals surface area contributed by atoms with Crippen LogP contribution in [0.25, 0.3) is 0 Å². The molecule has 1 saturated heterocycles. The molecule has 0 unspecified atom stereocenters. The molecule has 148 valence electrons. The van der Waals surface area contributed by atoms with Crippen molar-refractivity contribution >= 4 is 17.5 Å². The number of amides is 2. The zero-order valence-electron chi connectivity index (χ0n) is 16.5. The van der Waals surface area contributed by atoms with Crippen LogP contribution < -0.4 is 10.6 Å². The highest BCUT2D eigenvalue weighted by Crippen LogP contribution is 2.17. The molecule has 0 aliphatic carbocycles. The number of hydrogen-bond donors (Lipinski definition) is 2. The van der Waals surface area contributed by atoms with Crippen molar-refractivity contribution < 1.29 is 9.59 Å². The third-order valence-electron chi connectivity index (χ3n) is 5.23. The van der Waals surface area contributed by atoms with E-state index in [1.165, 1.54) is 5.56 Å². The van der Waals surface area contributed by atoms with E-state index in [4.69, 9.17) is 0 Å². The number of hydrogen-bond acceptors (Lipinski definition) is 3. The smallest absolute Gasteiger partial charge is 0.253 e. The lowest BCUT2D eigenvalue weighted by molar-refractivity contribution is -0.117. The minimum Gasteiger partial charge on any atom is -0.352 e. The fraction of sp³-hybridized carbons (Fsp3) is 0.391. The van der Waals surface area contributed by atoms with Crippen LogP contribution in [0, 0.1) is 5.92 Å². The topological polar surface area (TPSA) is 61.4 Å². The SMILES string of the molecule is CC1CCN(CC(=O)Nc2ccccc2C(=O)NCCc2ccccc2)CC1. The number of carbonyl (C=O) groups excluding carboxylic acids is 2. The van der Waals surface area contributed by atoms with Gasteiger partial charge in [-0.2, -0.15) is 0 Å². The molecule has 0 atom stereocenters. The van der Waals surface area contributed by atoms with Crippen LogP contribution in [0.3, 0.4) is 0 Å². The Morgan fingerprint density at radius 1 is 1.00 bits per heavy atom. The molecule has 0 spiro atoms. The van der Waals surface area contributed by atoms with Gasteiger partial charge in [0.1, 0.15) is 0 Å². The molecule has 2 amide bonds. The van der Waals surface area contributed by atoms with E-state index in [-0.39, 0.29) is 11.8 Å². The van der Waals surface area contributed by atoms with Gasteiger partial charge in [0, 0.05) is 6.54 Å². The number of benzene rings is 2. The van der Waals surface area contributed by atoms with E-state index in [0.717, 1.165) is 38.3 Å². The number of nitrogens with one attached hydrogen (secondary N) is 2. The first-order valence-corrected chi connectivity index (χ1v) is 10.0. The van der Waals surface area contributed by atoms with Crippen LogP contribution >= 0.6 is 0 Å². The maximum Gasteiger partial charge on any atom is 0.253 e. The lowest BCUT2D eigenvalue weighted by Gasteiger charge is -2.29. The van der Waals surface area contributed by atoms with Gasteiger partial charge in [-0.25, -0.2) is 0 Å². The predicted molar refractivity (Wildman–Crippen MR) is 112 cm³/mol. The Morgan fingerprint density at radius 2 is 1.68 bits per heavy atom. The molecule has 5 nitrogen and oxygen atoms in total. The Hall–Kier alpha value is -2.66. The Labute approximate surface area is 167 Å². The van der Waals surface area contributed by atoms with Crippen molar-refractivity contribution in [2.24, 2.45) is 5.92 Å². The van der Waals surface area contributed by atoms with Crippen molar-refractivity contribution in [3.8, 4) is 0 Å². The van der Waals surface area contributed by atoms with Crippen LogP contribution in [0.15, 0.2) is 54.6 Å². The molecule has 0 aromatic heterocycles. The molecule has 1 aliphatic rings. The highest BCUT2D eigenvalue weighted by Gasteiger charge is 2.19. The summed E-state index contributed by atoms with van der Waals surface area (Å²) in [6, 6.07) is 17.2. The predicted octanol–water partition coefficient (Wildman–Crippen LogP) is 3.33. The van der Waals surface area contributed by atoms with Crippen LogP contribution in [0.1, 0.15) is 35.7 Å². The Kier molecular flexibility index (Phi) is 7.20. The van der Waals surface area contributed by atoms with Crippen molar-refractivity contribution in [3.05, 3.63) is 65.7 Å². The second-order valence-corrected chi connectivity index (χ2v) is 7.54. The first-order valence-electron chi connectivity index (χ1n) is 10.0. The molecule has 1 heterocycles. The monoisotopic (exact) mass is 379 g/mol. The maximum atomic E-state index is 12.6. The molecule has 2 N–H and O–H groups in total. The van der Waals surface area contributed by atoms with E-state index in [1.807, 2.05) is 42.5 Å². The lowest BCUT2D eigenvalue weighted by atomic mass is 9.99. The fourth-order valence-corrected chi connectivity index (χ4v) is 3.46. The average molecular weight is 380 g/mol. The molecule has 3 rings (SSSR count). The van der Waals surface area contributed by atoms with Gasteiger partial charge >= 0.3 is 0 Å². The van der Waals surface area contributed by atoms with Crippen LogP contribution in [0.5, 0.6) is 0 Å². The summed E-state index contributed by atoms with van der Waals surface area (Å²) in [5.74, 6) is 0.498. The van der Waals surface area contributed by atoms with E-state index in [2.05, 4.69) is 22.5 Å². The molecule has 0 saturated carbocycles. The van der Waals surface area contributed by atoms with Crippen LogP contribution in [0.4, 0.5) is 5.69 Å².